The lowest BCUT2D eigenvalue weighted by Gasteiger charge is -2.19. The Morgan fingerprint density at radius 1 is 1.04 bits per heavy atom. The quantitative estimate of drug-likeness (QED) is 0.805. The number of aliphatic carboxylic acids is 1. The summed E-state index contributed by atoms with van der Waals surface area (Å²) in [7, 11) is -4.70. The first-order valence-electron chi connectivity index (χ1n) is 6.75. The molecule has 1 aromatic rings. The van der Waals surface area contributed by atoms with Crippen molar-refractivity contribution in [2.45, 2.75) is 23.7 Å². The van der Waals surface area contributed by atoms with Crippen molar-refractivity contribution in [3.8, 4) is 0 Å². The minimum absolute atomic E-state index is 0.0837. The first-order valence-corrected chi connectivity index (χ1v) is 8.19. The van der Waals surface area contributed by atoms with Crippen LogP contribution in [0.3, 0.4) is 0 Å². The maximum Gasteiger partial charge on any atom is 0.416 e. The minimum Gasteiger partial charge on any atom is -0.481 e. The summed E-state index contributed by atoms with van der Waals surface area (Å²) in [5.74, 6) is -2.36. The van der Waals surface area contributed by atoms with Crippen LogP contribution >= 0.6 is 0 Å². The molecule has 0 aliphatic carbocycles. The van der Waals surface area contributed by atoms with Crippen molar-refractivity contribution in [2.75, 3.05) is 13.1 Å². The Morgan fingerprint density at radius 2 is 1.52 bits per heavy atom. The topological polar surface area (TPSA) is 74.7 Å². The fourth-order valence-corrected chi connectivity index (χ4v) is 3.94. The Labute approximate surface area is 137 Å². The van der Waals surface area contributed by atoms with Crippen molar-refractivity contribution in [2.24, 2.45) is 5.92 Å². The van der Waals surface area contributed by atoms with Crippen LogP contribution in [0.2, 0.25) is 0 Å². The molecule has 5 nitrogen and oxygen atoms in total. The number of halogens is 6. The first kappa shape index (κ1) is 19.5. The van der Waals surface area contributed by atoms with Crippen LogP contribution in [0.5, 0.6) is 0 Å². The molecule has 1 heterocycles. The largest absolute Gasteiger partial charge is 0.481 e. The van der Waals surface area contributed by atoms with E-state index in [1.807, 2.05) is 0 Å². The number of sulfonamides is 1. The van der Waals surface area contributed by atoms with E-state index >= 15 is 0 Å². The highest BCUT2D eigenvalue weighted by Gasteiger charge is 2.41. The lowest BCUT2D eigenvalue weighted by atomic mass is 10.1. The second kappa shape index (κ2) is 6.16. The molecule has 0 amide bonds. The van der Waals surface area contributed by atoms with E-state index in [9.17, 15) is 39.6 Å². The SMILES string of the molecule is O=C(O)C1CCN(S(=O)(=O)c2cc(C(F)(F)F)cc(C(F)(F)F)c2)C1. The molecule has 0 aromatic heterocycles. The Balaban J connectivity index is 2.52. The van der Waals surface area contributed by atoms with Crippen LogP contribution in [-0.2, 0) is 27.2 Å². The number of rotatable bonds is 3. The summed E-state index contributed by atoms with van der Waals surface area (Å²) in [5, 5.41) is 8.85. The molecule has 0 radical (unpaired) electrons. The van der Waals surface area contributed by atoms with Gasteiger partial charge in [-0.15, -0.1) is 0 Å². The maximum absolute atomic E-state index is 12.8. The fraction of sp³-hybridized carbons (Fsp3) is 0.462. The van der Waals surface area contributed by atoms with Crippen LogP contribution in [0.15, 0.2) is 23.1 Å². The second-order valence-electron chi connectivity index (χ2n) is 5.43. The molecule has 0 saturated carbocycles. The normalized spacial score (nSPS) is 20.0. The predicted octanol–water partition coefficient (Wildman–Crippen LogP) is 2.82. The van der Waals surface area contributed by atoms with E-state index in [1.54, 1.807) is 0 Å². The van der Waals surface area contributed by atoms with Gasteiger partial charge in [-0.05, 0) is 24.6 Å². The number of carbonyl (C=O) groups is 1. The lowest BCUT2D eigenvalue weighted by Crippen LogP contribution is -2.30. The van der Waals surface area contributed by atoms with Crippen LogP contribution in [0.25, 0.3) is 0 Å². The maximum atomic E-state index is 12.8. The average molecular weight is 391 g/mol. The van der Waals surface area contributed by atoms with Crippen LogP contribution < -0.4 is 0 Å². The molecule has 12 heteroatoms. The van der Waals surface area contributed by atoms with Crippen LogP contribution in [0.1, 0.15) is 17.5 Å². The molecule has 1 aromatic carbocycles. The van der Waals surface area contributed by atoms with Gasteiger partial charge >= 0.3 is 18.3 Å². The summed E-state index contributed by atoms with van der Waals surface area (Å²) in [6, 6.07) is 0.0421. The fourth-order valence-electron chi connectivity index (χ4n) is 2.37. The van der Waals surface area contributed by atoms with Gasteiger partial charge in [-0.25, -0.2) is 8.42 Å². The highest BCUT2D eigenvalue weighted by Crippen LogP contribution is 2.38. The molecule has 0 bridgehead atoms. The highest BCUT2D eigenvalue weighted by atomic mass is 32.2. The third-order valence-electron chi connectivity index (χ3n) is 3.70. The zero-order valence-electron chi connectivity index (χ0n) is 12.2. The summed E-state index contributed by atoms with van der Waals surface area (Å²) in [5.41, 5.74) is -3.51. The third kappa shape index (κ3) is 4.06. The van der Waals surface area contributed by atoms with E-state index in [4.69, 9.17) is 5.11 Å². The Hall–Kier alpha value is -1.82. The molecule has 1 N–H and O–H groups in total. The van der Waals surface area contributed by atoms with Gasteiger partial charge in [-0.3, -0.25) is 4.79 Å². The van der Waals surface area contributed by atoms with Crippen molar-refractivity contribution >= 4 is 16.0 Å². The molecule has 1 saturated heterocycles. The zero-order valence-corrected chi connectivity index (χ0v) is 13.0. The minimum atomic E-state index is -5.18. The summed E-state index contributed by atoms with van der Waals surface area (Å²) in [6.45, 7) is -0.827. The molecule has 1 aliphatic rings. The average Bonchev–Trinajstić information content (AvgIpc) is 2.95. The van der Waals surface area contributed by atoms with E-state index in [0.717, 1.165) is 0 Å². The standard InChI is InChI=1S/C13H11F6NO4S/c14-12(15,16)8-3-9(13(17,18)19)5-10(4-8)25(23,24)20-2-1-7(6-20)11(21)22/h3-5,7H,1-2,6H2,(H,21,22). The molecular weight excluding hydrogens is 380 g/mol. The first-order chi connectivity index (χ1) is 11.2. The van der Waals surface area contributed by atoms with E-state index in [0.29, 0.717) is 4.31 Å². The van der Waals surface area contributed by atoms with Crippen LogP contribution in [0.4, 0.5) is 26.3 Å². The number of hydrogen-bond donors (Lipinski definition) is 1. The van der Waals surface area contributed by atoms with Crippen LogP contribution in [0, 0.1) is 5.92 Å². The van der Waals surface area contributed by atoms with Gasteiger partial charge in [0.2, 0.25) is 10.0 Å². The number of carboxylic acids is 1. The molecule has 1 aliphatic heterocycles. The summed E-state index contributed by atoms with van der Waals surface area (Å²) in [6.07, 6.45) is -10.4. The summed E-state index contributed by atoms with van der Waals surface area (Å²) < 4.78 is 102. The monoisotopic (exact) mass is 391 g/mol. The number of benzene rings is 1. The molecule has 2 rings (SSSR count). The van der Waals surface area contributed by atoms with Gasteiger partial charge in [-0.1, -0.05) is 0 Å². The number of carboxylic acid groups (broad SMARTS) is 1. The van der Waals surface area contributed by atoms with Crippen LogP contribution in [-0.4, -0.2) is 36.9 Å². The Kier molecular flexibility index (Phi) is 4.81. The van der Waals surface area contributed by atoms with Gasteiger partial charge < -0.3 is 5.11 Å². The number of nitrogens with zero attached hydrogens (tertiary/aromatic N) is 1. The molecule has 1 atom stereocenters. The van der Waals surface area contributed by atoms with Gasteiger partial charge in [0.1, 0.15) is 0 Å². The lowest BCUT2D eigenvalue weighted by molar-refractivity contribution is -0.143. The molecule has 1 unspecified atom stereocenters. The van der Waals surface area contributed by atoms with Gasteiger partial charge in [0, 0.05) is 13.1 Å². The van der Waals surface area contributed by atoms with E-state index < -0.39 is 56.8 Å². The third-order valence-corrected chi connectivity index (χ3v) is 5.54. The van der Waals surface area contributed by atoms with Crippen molar-refractivity contribution in [1.82, 2.24) is 4.31 Å². The predicted molar refractivity (Wildman–Crippen MR) is 70.9 cm³/mol. The van der Waals surface area contributed by atoms with Crippen molar-refractivity contribution in [3.63, 3.8) is 0 Å². The van der Waals surface area contributed by atoms with Crippen molar-refractivity contribution in [3.05, 3.63) is 29.3 Å². The van der Waals surface area contributed by atoms with Gasteiger partial charge in [0.05, 0.1) is 21.9 Å². The molecular formula is C13H11F6NO4S. The van der Waals surface area contributed by atoms with Crippen molar-refractivity contribution < 1.29 is 44.7 Å². The highest BCUT2D eigenvalue weighted by molar-refractivity contribution is 7.89. The van der Waals surface area contributed by atoms with Crippen molar-refractivity contribution in [1.29, 1.82) is 0 Å². The zero-order chi connectivity index (χ0) is 19.2. The van der Waals surface area contributed by atoms with E-state index in [-0.39, 0.29) is 31.2 Å². The van der Waals surface area contributed by atoms with Gasteiger partial charge in [0.15, 0.2) is 0 Å². The van der Waals surface area contributed by atoms with E-state index in [1.165, 1.54) is 0 Å². The molecule has 25 heavy (non-hydrogen) atoms. The molecule has 0 spiro atoms. The Morgan fingerprint density at radius 3 is 1.88 bits per heavy atom. The number of alkyl halides is 6. The second-order valence-corrected chi connectivity index (χ2v) is 7.37. The van der Waals surface area contributed by atoms with Gasteiger partial charge in [-0.2, -0.15) is 30.6 Å². The molecule has 140 valence electrons. The van der Waals surface area contributed by atoms with Gasteiger partial charge in [0.25, 0.3) is 0 Å². The molecule has 1 fully saturated rings. The summed E-state index contributed by atoms with van der Waals surface area (Å²) in [4.78, 5) is 9.68. The smallest absolute Gasteiger partial charge is 0.416 e. The summed E-state index contributed by atoms with van der Waals surface area (Å²) >= 11 is 0. The van der Waals surface area contributed by atoms with E-state index in [2.05, 4.69) is 0 Å². The number of hydrogen-bond acceptors (Lipinski definition) is 3. The Bertz CT molecular complexity index is 754.